The van der Waals surface area contributed by atoms with E-state index in [4.69, 9.17) is 0 Å². The SMILES string of the molecule is Cc1cc(C)n2nc(SCC(=O)NNC(=S)[S-])nc2n1.[K+]. The second-order valence-electron chi connectivity index (χ2n) is 3.89. The topological polar surface area (TPSA) is 84.2 Å². The van der Waals surface area contributed by atoms with Gasteiger partial charge in [0.1, 0.15) is 0 Å². The number of aromatic nitrogens is 4. The van der Waals surface area contributed by atoms with Gasteiger partial charge in [-0.05, 0) is 24.2 Å². The van der Waals surface area contributed by atoms with E-state index in [9.17, 15) is 4.79 Å². The summed E-state index contributed by atoms with van der Waals surface area (Å²) in [5.41, 5.74) is 6.59. The number of hydrazine groups is 1. The van der Waals surface area contributed by atoms with Gasteiger partial charge in [0.15, 0.2) is 0 Å². The van der Waals surface area contributed by atoms with Crippen molar-refractivity contribution < 1.29 is 56.2 Å². The number of nitrogens with one attached hydrogen (secondary N) is 2. The fourth-order valence-electron chi connectivity index (χ4n) is 1.50. The van der Waals surface area contributed by atoms with Crippen molar-refractivity contribution >= 4 is 52.6 Å². The number of hydrogen-bond donors (Lipinski definition) is 2. The molecule has 0 aliphatic carbocycles. The molecular formula is C10H11KN6OS3. The number of aryl methyl sites for hydroxylation is 2. The fraction of sp³-hybridized carbons (Fsp3) is 0.300. The van der Waals surface area contributed by atoms with Crippen LogP contribution in [-0.4, -0.2) is 35.6 Å². The molecule has 0 unspecified atom stereocenters. The van der Waals surface area contributed by atoms with Crippen molar-refractivity contribution in [3.63, 3.8) is 0 Å². The summed E-state index contributed by atoms with van der Waals surface area (Å²) in [5, 5.41) is 4.77. The van der Waals surface area contributed by atoms with Crippen LogP contribution in [0.1, 0.15) is 11.4 Å². The van der Waals surface area contributed by atoms with Gasteiger partial charge in [0.2, 0.25) is 11.1 Å². The zero-order chi connectivity index (χ0) is 14.7. The number of hydrogen-bond acceptors (Lipinski definition) is 7. The second-order valence-corrected chi connectivity index (χ2v) is 5.91. The van der Waals surface area contributed by atoms with E-state index in [0.717, 1.165) is 11.4 Å². The molecule has 1 amide bonds. The molecule has 21 heavy (non-hydrogen) atoms. The molecule has 0 saturated heterocycles. The van der Waals surface area contributed by atoms with Crippen molar-refractivity contribution in [2.24, 2.45) is 0 Å². The third kappa shape index (κ3) is 5.67. The van der Waals surface area contributed by atoms with Crippen LogP contribution in [0.15, 0.2) is 11.2 Å². The van der Waals surface area contributed by atoms with E-state index in [1.54, 1.807) is 4.52 Å². The van der Waals surface area contributed by atoms with Crippen molar-refractivity contribution in [3.8, 4) is 0 Å². The maximum absolute atomic E-state index is 11.5. The Morgan fingerprint density at radius 3 is 2.81 bits per heavy atom. The van der Waals surface area contributed by atoms with Crippen LogP contribution in [0.5, 0.6) is 0 Å². The van der Waals surface area contributed by atoms with Gasteiger partial charge in [-0.25, -0.2) is 9.50 Å². The molecule has 0 spiro atoms. The monoisotopic (exact) mass is 366 g/mol. The first kappa shape index (κ1) is 19.2. The Morgan fingerprint density at radius 1 is 1.43 bits per heavy atom. The summed E-state index contributed by atoms with van der Waals surface area (Å²) in [6.45, 7) is 3.82. The zero-order valence-electron chi connectivity index (χ0n) is 11.7. The van der Waals surface area contributed by atoms with E-state index in [2.05, 4.69) is 50.8 Å². The van der Waals surface area contributed by atoms with Crippen LogP contribution in [0.25, 0.3) is 5.78 Å². The second kappa shape index (κ2) is 8.67. The standard InChI is InChI=1S/C10H12N6OS3.K/c1-5-3-6(2)16-8(11-5)12-9(15-16)20-4-7(17)13-14-10(18)19;/h3H,4H2,1-2H3,(H,13,17)(H2,14,18,19);/q;+1/p-1. The van der Waals surface area contributed by atoms with Gasteiger partial charge in [0.05, 0.1) is 5.75 Å². The van der Waals surface area contributed by atoms with Gasteiger partial charge in [-0.3, -0.25) is 10.2 Å². The molecule has 2 aromatic rings. The van der Waals surface area contributed by atoms with Gasteiger partial charge in [-0.1, -0.05) is 11.8 Å². The normalized spacial score (nSPS) is 10.0. The molecule has 0 saturated carbocycles. The van der Waals surface area contributed by atoms with E-state index in [-0.39, 0.29) is 67.4 Å². The fourth-order valence-corrected chi connectivity index (χ4v) is 2.22. The van der Waals surface area contributed by atoms with Crippen LogP contribution in [-0.2, 0) is 17.4 Å². The third-order valence-electron chi connectivity index (χ3n) is 2.24. The van der Waals surface area contributed by atoms with Crippen molar-refractivity contribution in [3.05, 3.63) is 17.5 Å². The average Bonchev–Trinajstić information content (AvgIpc) is 2.77. The minimum absolute atomic E-state index is 0. The smallest absolute Gasteiger partial charge is 0.410 e. The Balaban J connectivity index is 0.00000220. The first-order valence-corrected chi connectivity index (χ1v) is 7.35. The van der Waals surface area contributed by atoms with Crippen molar-refractivity contribution in [1.82, 2.24) is 30.4 Å². The summed E-state index contributed by atoms with van der Waals surface area (Å²) in [6.07, 6.45) is 0. The van der Waals surface area contributed by atoms with E-state index in [1.807, 2.05) is 19.9 Å². The van der Waals surface area contributed by atoms with Gasteiger partial charge in [0, 0.05) is 11.4 Å². The van der Waals surface area contributed by atoms with Gasteiger partial charge in [0.25, 0.3) is 5.78 Å². The summed E-state index contributed by atoms with van der Waals surface area (Å²) in [4.78, 5) is 20.0. The summed E-state index contributed by atoms with van der Waals surface area (Å²) < 4.78 is 1.73. The van der Waals surface area contributed by atoms with E-state index in [0.29, 0.717) is 10.9 Å². The predicted octanol–water partition coefficient (Wildman–Crippen LogP) is -2.71. The molecular weight excluding hydrogens is 355 g/mol. The quantitative estimate of drug-likeness (QED) is 0.199. The van der Waals surface area contributed by atoms with Gasteiger partial charge in [-0.2, -0.15) is 4.98 Å². The zero-order valence-corrected chi connectivity index (χ0v) is 17.3. The molecule has 0 aliphatic heterocycles. The van der Waals surface area contributed by atoms with Crippen LogP contribution >= 0.6 is 24.0 Å². The van der Waals surface area contributed by atoms with Crippen LogP contribution in [0, 0.1) is 13.8 Å². The first-order valence-electron chi connectivity index (χ1n) is 5.55. The maximum atomic E-state index is 11.5. The number of amides is 1. The van der Waals surface area contributed by atoms with E-state index < -0.39 is 0 Å². The van der Waals surface area contributed by atoms with Crippen molar-refractivity contribution in [1.29, 1.82) is 0 Å². The summed E-state index contributed by atoms with van der Waals surface area (Å²) >= 11 is 10.4. The maximum Gasteiger partial charge on any atom is 1.00 e. The van der Waals surface area contributed by atoms with Gasteiger partial charge in [-0.15, -0.1) is 5.10 Å². The Labute approximate surface area is 179 Å². The number of fused-ring (bicyclic) bond motifs is 1. The number of carbonyl (C=O) groups is 1. The minimum Gasteiger partial charge on any atom is -0.410 e. The molecule has 2 N–H and O–H groups in total. The van der Waals surface area contributed by atoms with Crippen LogP contribution in [0.3, 0.4) is 0 Å². The first-order chi connectivity index (χ1) is 9.45. The van der Waals surface area contributed by atoms with Crippen molar-refractivity contribution in [2.75, 3.05) is 5.75 Å². The Kier molecular flexibility index (Phi) is 7.91. The summed E-state index contributed by atoms with van der Waals surface area (Å²) in [7, 11) is 0. The number of thioether (sulfide) groups is 1. The third-order valence-corrected chi connectivity index (χ3v) is 3.28. The molecule has 0 fully saturated rings. The average molecular weight is 367 g/mol. The molecule has 2 heterocycles. The van der Waals surface area contributed by atoms with Crippen LogP contribution in [0.4, 0.5) is 0 Å². The molecule has 2 rings (SSSR count). The molecule has 0 aromatic carbocycles. The summed E-state index contributed by atoms with van der Waals surface area (Å²) in [5.74, 6) is 0.414. The number of nitrogens with zero attached hydrogens (tertiary/aromatic N) is 4. The molecule has 0 atom stereocenters. The van der Waals surface area contributed by atoms with Gasteiger partial charge < -0.3 is 30.3 Å². The minimum atomic E-state index is -0.262. The van der Waals surface area contributed by atoms with Crippen molar-refractivity contribution in [2.45, 2.75) is 19.0 Å². The number of thiocarbonyl (C=S) groups is 1. The Bertz CT molecular complexity index is 676. The van der Waals surface area contributed by atoms with Crippen LogP contribution in [0.2, 0.25) is 0 Å². The molecule has 0 bridgehead atoms. The molecule has 0 radical (unpaired) electrons. The Morgan fingerprint density at radius 2 is 2.14 bits per heavy atom. The predicted molar refractivity (Wildman–Crippen MR) is 82.2 cm³/mol. The number of carbonyl (C=O) groups excluding carboxylic acids is 1. The van der Waals surface area contributed by atoms with Crippen LogP contribution < -0.4 is 62.2 Å². The molecule has 0 aliphatic rings. The molecule has 2 aromatic heterocycles. The molecule has 7 nitrogen and oxygen atoms in total. The largest absolute Gasteiger partial charge is 1.00 e. The van der Waals surface area contributed by atoms with E-state index >= 15 is 0 Å². The molecule has 11 heteroatoms. The summed E-state index contributed by atoms with van der Waals surface area (Å²) in [6, 6.07) is 1.91. The van der Waals surface area contributed by atoms with Gasteiger partial charge >= 0.3 is 51.4 Å². The Hall–Kier alpha value is 0.116. The van der Waals surface area contributed by atoms with E-state index in [1.165, 1.54) is 11.8 Å². The number of rotatable bonds is 3. The molecule has 106 valence electrons.